The largest absolute Gasteiger partial charge is 0.497 e. The van der Waals surface area contributed by atoms with Gasteiger partial charge in [0.1, 0.15) is 11.6 Å². The average molecular weight is 337 g/mol. The van der Waals surface area contributed by atoms with Crippen molar-refractivity contribution < 1.29 is 13.9 Å². The molecule has 0 fully saturated rings. The first-order valence-electron chi connectivity index (χ1n) is 6.28. The van der Waals surface area contributed by atoms with Gasteiger partial charge >= 0.3 is 0 Å². The van der Waals surface area contributed by atoms with Gasteiger partial charge in [0.25, 0.3) is 5.91 Å². The Kier molecular flexibility index (Phi) is 3.96. The predicted octanol–water partition coefficient (Wildman–Crippen LogP) is 4.35. The van der Waals surface area contributed by atoms with Crippen LogP contribution in [0.2, 0.25) is 5.02 Å². The maximum atomic E-state index is 13.7. The molecule has 1 heterocycles. The van der Waals surface area contributed by atoms with Crippen LogP contribution in [0, 0.1) is 5.82 Å². The number of rotatable bonds is 3. The number of nitrogens with one attached hydrogen (secondary N) is 1. The molecule has 0 aliphatic rings. The fourth-order valence-electron chi connectivity index (χ4n) is 1.96. The maximum absolute atomic E-state index is 13.7. The van der Waals surface area contributed by atoms with E-state index in [1.165, 1.54) is 29.5 Å². The van der Waals surface area contributed by atoms with E-state index in [0.29, 0.717) is 10.9 Å². The van der Waals surface area contributed by atoms with Crippen molar-refractivity contribution in [3.05, 3.63) is 52.8 Å². The summed E-state index contributed by atoms with van der Waals surface area (Å²) >= 11 is 7.15. The van der Waals surface area contributed by atoms with Crippen molar-refractivity contribution in [3.63, 3.8) is 0 Å². The van der Waals surface area contributed by atoms with Gasteiger partial charge in [0.2, 0.25) is 0 Å². The molecule has 1 aromatic heterocycles. The number of hydrogen-bond donors (Lipinski definition) is 1. The Morgan fingerprint density at radius 3 is 2.91 bits per heavy atom. The highest BCUT2D eigenvalue weighted by atomic mass is 35.5. The Balaban J connectivity index is 1.91. The number of hydrogen-bond acceptors (Lipinski definition) is 4. The summed E-state index contributed by atoms with van der Waals surface area (Å²) in [6, 6.07) is 9.47. The zero-order chi connectivity index (χ0) is 15.7. The molecule has 0 bridgehead atoms. The molecule has 0 aliphatic heterocycles. The van der Waals surface area contributed by atoms with E-state index in [1.54, 1.807) is 19.2 Å². The van der Waals surface area contributed by atoms with Gasteiger partial charge in [0.05, 0.1) is 27.9 Å². The van der Waals surface area contributed by atoms with Crippen LogP contribution >= 0.6 is 22.9 Å². The van der Waals surface area contributed by atoms with Gasteiger partial charge in [-0.25, -0.2) is 9.37 Å². The molecule has 7 heteroatoms. The Morgan fingerprint density at radius 2 is 2.18 bits per heavy atom. The van der Waals surface area contributed by atoms with Gasteiger partial charge in [0.15, 0.2) is 5.13 Å². The minimum Gasteiger partial charge on any atom is -0.497 e. The Labute approximate surface area is 134 Å². The number of carbonyl (C=O) groups excluding carboxylic acids is 1. The molecule has 3 aromatic rings. The number of fused-ring (bicyclic) bond motifs is 1. The highest BCUT2D eigenvalue weighted by Gasteiger charge is 2.17. The van der Waals surface area contributed by atoms with E-state index in [2.05, 4.69) is 10.3 Å². The van der Waals surface area contributed by atoms with Crippen LogP contribution in [0.3, 0.4) is 0 Å². The second-order valence-corrected chi connectivity index (χ2v) is 5.84. The molecule has 0 spiro atoms. The van der Waals surface area contributed by atoms with E-state index in [-0.39, 0.29) is 10.6 Å². The van der Waals surface area contributed by atoms with Crippen LogP contribution in [0.15, 0.2) is 36.4 Å². The average Bonchev–Trinajstić information content (AvgIpc) is 2.87. The van der Waals surface area contributed by atoms with E-state index in [4.69, 9.17) is 16.3 Å². The van der Waals surface area contributed by atoms with Gasteiger partial charge in [-0.2, -0.15) is 0 Å². The van der Waals surface area contributed by atoms with Crippen molar-refractivity contribution in [1.29, 1.82) is 0 Å². The second-order valence-electron chi connectivity index (χ2n) is 4.40. The Bertz CT molecular complexity index is 846. The molecule has 0 radical (unpaired) electrons. The summed E-state index contributed by atoms with van der Waals surface area (Å²) in [5, 5.41) is 2.99. The quantitative estimate of drug-likeness (QED) is 0.773. The van der Waals surface area contributed by atoms with Gasteiger partial charge in [-0.05, 0) is 30.3 Å². The van der Waals surface area contributed by atoms with Crippen LogP contribution < -0.4 is 10.1 Å². The molecule has 4 nitrogen and oxygen atoms in total. The van der Waals surface area contributed by atoms with Crippen LogP contribution in [-0.2, 0) is 0 Å². The van der Waals surface area contributed by atoms with Gasteiger partial charge in [-0.1, -0.05) is 29.0 Å². The standard InChI is InChI=1S/C15H10ClFN2O2S/c1-21-8-5-6-11-12(7-8)22-15(18-11)19-14(20)13-9(16)3-2-4-10(13)17/h2-7H,1H3,(H,18,19,20). The summed E-state index contributed by atoms with van der Waals surface area (Å²) in [5.74, 6) is -0.604. The van der Waals surface area contributed by atoms with Gasteiger partial charge in [0, 0.05) is 0 Å². The minimum atomic E-state index is -0.673. The molecular formula is C15H10ClFN2O2S. The summed E-state index contributed by atoms with van der Waals surface area (Å²) in [4.78, 5) is 16.4. The lowest BCUT2D eigenvalue weighted by Crippen LogP contribution is -2.14. The summed E-state index contributed by atoms with van der Waals surface area (Å²) in [5.41, 5.74) is 0.529. The molecule has 0 saturated carbocycles. The van der Waals surface area contributed by atoms with Crippen LogP contribution in [0.25, 0.3) is 10.2 Å². The van der Waals surface area contributed by atoms with Crippen LogP contribution in [0.5, 0.6) is 5.75 Å². The number of amides is 1. The van der Waals surface area contributed by atoms with Crippen molar-refractivity contribution in [3.8, 4) is 5.75 Å². The molecule has 1 amide bonds. The number of ether oxygens (including phenoxy) is 1. The molecule has 112 valence electrons. The molecule has 0 saturated heterocycles. The smallest absolute Gasteiger partial charge is 0.261 e. The van der Waals surface area contributed by atoms with Gasteiger partial charge < -0.3 is 4.74 Å². The van der Waals surface area contributed by atoms with E-state index in [1.807, 2.05) is 6.07 Å². The van der Waals surface area contributed by atoms with Crippen LogP contribution in [0.1, 0.15) is 10.4 Å². The number of halogens is 2. The third-order valence-electron chi connectivity index (χ3n) is 3.01. The lowest BCUT2D eigenvalue weighted by molar-refractivity contribution is 0.102. The topological polar surface area (TPSA) is 51.2 Å². The summed E-state index contributed by atoms with van der Waals surface area (Å²) in [7, 11) is 1.57. The molecular weight excluding hydrogens is 327 g/mol. The molecule has 3 rings (SSSR count). The van der Waals surface area contributed by atoms with E-state index in [0.717, 1.165) is 10.2 Å². The Morgan fingerprint density at radius 1 is 1.36 bits per heavy atom. The number of anilines is 1. The zero-order valence-corrected chi connectivity index (χ0v) is 13.0. The van der Waals surface area contributed by atoms with E-state index < -0.39 is 11.7 Å². The second kappa shape index (κ2) is 5.90. The maximum Gasteiger partial charge on any atom is 0.261 e. The molecule has 1 N–H and O–H groups in total. The number of carbonyl (C=O) groups is 1. The highest BCUT2D eigenvalue weighted by molar-refractivity contribution is 7.22. The van der Waals surface area contributed by atoms with Crippen molar-refractivity contribution in [2.75, 3.05) is 12.4 Å². The molecule has 2 aromatic carbocycles. The third kappa shape index (κ3) is 2.75. The summed E-state index contributed by atoms with van der Waals surface area (Å²) < 4.78 is 19.7. The van der Waals surface area contributed by atoms with Gasteiger partial charge in [-0.15, -0.1) is 0 Å². The highest BCUT2D eigenvalue weighted by Crippen LogP contribution is 2.30. The molecule has 0 atom stereocenters. The van der Waals surface area contributed by atoms with Crippen LogP contribution in [0.4, 0.5) is 9.52 Å². The normalized spacial score (nSPS) is 10.7. The van der Waals surface area contributed by atoms with Crippen molar-refractivity contribution in [1.82, 2.24) is 4.98 Å². The number of aromatic nitrogens is 1. The van der Waals surface area contributed by atoms with E-state index in [9.17, 15) is 9.18 Å². The lowest BCUT2D eigenvalue weighted by Gasteiger charge is -2.04. The first-order chi connectivity index (χ1) is 10.6. The first kappa shape index (κ1) is 14.7. The minimum absolute atomic E-state index is 0.0558. The van der Waals surface area contributed by atoms with Crippen LogP contribution in [-0.4, -0.2) is 18.0 Å². The predicted molar refractivity (Wildman–Crippen MR) is 85.5 cm³/mol. The Hall–Kier alpha value is -2.18. The number of benzene rings is 2. The van der Waals surface area contributed by atoms with Gasteiger partial charge in [-0.3, -0.25) is 10.1 Å². The monoisotopic (exact) mass is 336 g/mol. The number of methoxy groups -OCH3 is 1. The molecule has 22 heavy (non-hydrogen) atoms. The number of thiazole rings is 1. The summed E-state index contributed by atoms with van der Waals surface area (Å²) in [6.45, 7) is 0. The first-order valence-corrected chi connectivity index (χ1v) is 7.48. The molecule has 0 aliphatic carbocycles. The number of nitrogens with zero attached hydrogens (tertiary/aromatic N) is 1. The van der Waals surface area contributed by atoms with Crippen molar-refractivity contribution in [2.24, 2.45) is 0 Å². The van der Waals surface area contributed by atoms with Crippen molar-refractivity contribution >= 4 is 44.2 Å². The van der Waals surface area contributed by atoms with E-state index >= 15 is 0 Å². The fraction of sp³-hybridized carbons (Fsp3) is 0.0667. The fourth-order valence-corrected chi connectivity index (χ4v) is 3.10. The zero-order valence-electron chi connectivity index (χ0n) is 11.4. The molecule has 0 unspecified atom stereocenters. The SMILES string of the molecule is COc1ccc2nc(NC(=O)c3c(F)cccc3Cl)sc2c1. The van der Waals surface area contributed by atoms with Crippen molar-refractivity contribution in [2.45, 2.75) is 0 Å². The lowest BCUT2D eigenvalue weighted by atomic mass is 10.2. The third-order valence-corrected chi connectivity index (χ3v) is 4.25. The summed E-state index contributed by atoms with van der Waals surface area (Å²) in [6.07, 6.45) is 0.